The second-order valence-electron chi connectivity index (χ2n) is 6.22. The van der Waals surface area contributed by atoms with Crippen molar-refractivity contribution >= 4 is 5.91 Å². The van der Waals surface area contributed by atoms with Crippen molar-refractivity contribution in [3.05, 3.63) is 0 Å². The number of amides is 1. The van der Waals surface area contributed by atoms with E-state index in [-0.39, 0.29) is 17.4 Å². The van der Waals surface area contributed by atoms with E-state index in [0.717, 1.165) is 25.9 Å². The summed E-state index contributed by atoms with van der Waals surface area (Å²) in [6.45, 7) is 11.2. The first-order valence-corrected chi connectivity index (χ1v) is 6.98. The normalized spacial score (nSPS) is 25.8. The van der Waals surface area contributed by atoms with Gasteiger partial charge in [-0.2, -0.15) is 0 Å². The van der Waals surface area contributed by atoms with Crippen LogP contribution in [0.15, 0.2) is 0 Å². The van der Waals surface area contributed by atoms with Crippen LogP contribution >= 0.6 is 0 Å². The van der Waals surface area contributed by atoms with Crippen LogP contribution in [-0.2, 0) is 9.53 Å². The minimum atomic E-state index is -0.330. The molecule has 1 aliphatic heterocycles. The zero-order valence-electron chi connectivity index (χ0n) is 12.2. The fourth-order valence-electron chi connectivity index (χ4n) is 2.19. The third kappa shape index (κ3) is 4.25. The first-order valence-electron chi connectivity index (χ1n) is 6.98. The lowest BCUT2D eigenvalue weighted by atomic mass is 9.90. The van der Waals surface area contributed by atoms with Gasteiger partial charge in [0.2, 0.25) is 0 Å². The number of ether oxygens (including phenoxy) is 1. The molecule has 0 aromatic rings. The van der Waals surface area contributed by atoms with Gasteiger partial charge in [-0.3, -0.25) is 4.79 Å². The van der Waals surface area contributed by atoms with E-state index in [1.807, 2.05) is 11.8 Å². The average molecular weight is 256 g/mol. The number of nitrogens with zero attached hydrogens (tertiary/aromatic N) is 1. The highest BCUT2D eigenvalue weighted by atomic mass is 16.5. The van der Waals surface area contributed by atoms with Gasteiger partial charge in [0.25, 0.3) is 5.91 Å². The molecule has 2 atom stereocenters. The molecule has 4 nitrogen and oxygen atoms in total. The fraction of sp³-hybridized carbons (Fsp3) is 0.929. The molecule has 0 aliphatic carbocycles. The molecule has 0 aromatic carbocycles. The predicted octanol–water partition coefficient (Wildman–Crippen LogP) is 1.63. The van der Waals surface area contributed by atoms with Crippen LogP contribution in [0.3, 0.4) is 0 Å². The van der Waals surface area contributed by atoms with Crippen LogP contribution in [0.1, 0.15) is 40.5 Å². The molecule has 0 saturated carbocycles. The molecule has 1 amide bonds. The monoisotopic (exact) mass is 256 g/mol. The number of carbonyl (C=O) groups is 1. The summed E-state index contributed by atoms with van der Waals surface area (Å²) < 4.78 is 5.61. The minimum absolute atomic E-state index is 0.0906. The summed E-state index contributed by atoms with van der Waals surface area (Å²) in [6, 6.07) is 0. The Morgan fingerprint density at radius 1 is 1.44 bits per heavy atom. The molecule has 1 fully saturated rings. The van der Waals surface area contributed by atoms with E-state index in [2.05, 4.69) is 20.8 Å². The topological polar surface area (TPSA) is 55.6 Å². The third-order valence-electron chi connectivity index (χ3n) is 3.77. The van der Waals surface area contributed by atoms with Crippen LogP contribution in [-0.4, -0.2) is 43.2 Å². The second-order valence-corrected chi connectivity index (χ2v) is 6.22. The SMILES string of the molecule is CC(C)CCOC(C)C(=O)N1CCC(C)(CN)C1. The maximum absolute atomic E-state index is 12.2. The van der Waals surface area contributed by atoms with Crippen LogP contribution in [0.2, 0.25) is 0 Å². The molecule has 106 valence electrons. The number of hydrogen-bond donors (Lipinski definition) is 1. The summed E-state index contributed by atoms with van der Waals surface area (Å²) in [5.41, 5.74) is 5.84. The van der Waals surface area contributed by atoms with Crippen LogP contribution in [0.5, 0.6) is 0 Å². The van der Waals surface area contributed by atoms with Crippen molar-refractivity contribution < 1.29 is 9.53 Å². The first kappa shape index (κ1) is 15.4. The van der Waals surface area contributed by atoms with E-state index < -0.39 is 0 Å². The van der Waals surface area contributed by atoms with Gasteiger partial charge < -0.3 is 15.4 Å². The van der Waals surface area contributed by atoms with Crippen LogP contribution < -0.4 is 5.73 Å². The van der Waals surface area contributed by atoms with E-state index in [4.69, 9.17) is 10.5 Å². The highest BCUT2D eigenvalue weighted by Crippen LogP contribution is 2.28. The second kappa shape index (κ2) is 6.53. The van der Waals surface area contributed by atoms with Gasteiger partial charge in [-0.1, -0.05) is 20.8 Å². The Morgan fingerprint density at radius 2 is 2.11 bits per heavy atom. The van der Waals surface area contributed by atoms with E-state index >= 15 is 0 Å². The molecule has 18 heavy (non-hydrogen) atoms. The molecule has 1 rings (SSSR count). The summed E-state index contributed by atoms with van der Waals surface area (Å²) in [5.74, 6) is 0.718. The first-order chi connectivity index (χ1) is 8.38. The number of likely N-dealkylation sites (tertiary alicyclic amines) is 1. The molecule has 0 bridgehead atoms. The molecular weight excluding hydrogens is 228 g/mol. The summed E-state index contributed by atoms with van der Waals surface area (Å²) >= 11 is 0. The molecule has 1 saturated heterocycles. The lowest BCUT2D eigenvalue weighted by molar-refractivity contribution is -0.142. The number of hydrogen-bond acceptors (Lipinski definition) is 3. The van der Waals surface area contributed by atoms with Gasteiger partial charge in [0.05, 0.1) is 0 Å². The van der Waals surface area contributed by atoms with E-state index in [1.54, 1.807) is 0 Å². The third-order valence-corrected chi connectivity index (χ3v) is 3.77. The van der Waals surface area contributed by atoms with E-state index in [9.17, 15) is 4.79 Å². The molecule has 1 aliphatic rings. The molecule has 2 N–H and O–H groups in total. The van der Waals surface area contributed by atoms with Crippen molar-refractivity contribution in [2.45, 2.75) is 46.6 Å². The Kier molecular flexibility index (Phi) is 5.60. The van der Waals surface area contributed by atoms with Crippen molar-refractivity contribution in [1.82, 2.24) is 4.90 Å². The van der Waals surface area contributed by atoms with Crippen molar-refractivity contribution in [1.29, 1.82) is 0 Å². The van der Waals surface area contributed by atoms with Gasteiger partial charge in [-0.05, 0) is 37.6 Å². The Morgan fingerprint density at radius 3 is 2.61 bits per heavy atom. The van der Waals surface area contributed by atoms with Crippen LogP contribution in [0.25, 0.3) is 0 Å². The van der Waals surface area contributed by atoms with Crippen LogP contribution in [0.4, 0.5) is 0 Å². The molecule has 0 spiro atoms. The van der Waals surface area contributed by atoms with Gasteiger partial charge in [0, 0.05) is 19.7 Å². The quantitative estimate of drug-likeness (QED) is 0.786. The summed E-state index contributed by atoms with van der Waals surface area (Å²) in [5, 5.41) is 0. The summed E-state index contributed by atoms with van der Waals surface area (Å²) in [4.78, 5) is 14.1. The smallest absolute Gasteiger partial charge is 0.251 e. The van der Waals surface area contributed by atoms with E-state index in [0.29, 0.717) is 19.1 Å². The Bertz CT molecular complexity index is 281. The number of carbonyl (C=O) groups excluding carboxylic acids is 1. The molecule has 1 heterocycles. The van der Waals surface area contributed by atoms with Gasteiger partial charge >= 0.3 is 0 Å². The maximum atomic E-state index is 12.2. The molecule has 0 aromatic heterocycles. The van der Waals surface area contributed by atoms with Crippen molar-refractivity contribution in [3.63, 3.8) is 0 Å². The van der Waals surface area contributed by atoms with Gasteiger partial charge in [-0.25, -0.2) is 0 Å². The molecule has 4 heteroatoms. The highest BCUT2D eigenvalue weighted by Gasteiger charge is 2.36. The molecule has 2 unspecified atom stereocenters. The standard InChI is InChI=1S/C14H28N2O2/c1-11(2)5-8-18-12(3)13(17)16-7-6-14(4,9-15)10-16/h11-12H,5-10,15H2,1-4H3. The fourth-order valence-corrected chi connectivity index (χ4v) is 2.19. The average Bonchev–Trinajstić information content (AvgIpc) is 2.71. The van der Waals surface area contributed by atoms with Gasteiger partial charge in [0.15, 0.2) is 0 Å². The lowest BCUT2D eigenvalue weighted by Gasteiger charge is -2.24. The highest BCUT2D eigenvalue weighted by molar-refractivity contribution is 5.80. The Labute approximate surface area is 111 Å². The van der Waals surface area contributed by atoms with E-state index in [1.165, 1.54) is 0 Å². The summed E-state index contributed by atoms with van der Waals surface area (Å²) in [7, 11) is 0. The largest absolute Gasteiger partial charge is 0.369 e. The zero-order chi connectivity index (χ0) is 13.8. The Hall–Kier alpha value is -0.610. The van der Waals surface area contributed by atoms with Crippen molar-refractivity contribution in [3.8, 4) is 0 Å². The number of rotatable bonds is 6. The predicted molar refractivity (Wildman–Crippen MR) is 73.2 cm³/mol. The molecule has 0 radical (unpaired) electrons. The summed E-state index contributed by atoms with van der Waals surface area (Å²) in [6.07, 6.45) is 1.66. The van der Waals surface area contributed by atoms with Gasteiger partial charge in [-0.15, -0.1) is 0 Å². The Balaban J connectivity index is 2.36. The van der Waals surface area contributed by atoms with Crippen molar-refractivity contribution in [2.75, 3.05) is 26.2 Å². The zero-order valence-corrected chi connectivity index (χ0v) is 12.2. The van der Waals surface area contributed by atoms with Crippen LogP contribution in [0, 0.1) is 11.3 Å². The number of nitrogens with two attached hydrogens (primary N) is 1. The maximum Gasteiger partial charge on any atom is 0.251 e. The molecular formula is C14H28N2O2. The minimum Gasteiger partial charge on any atom is -0.369 e. The van der Waals surface area contributed by atoms with Gasteiger partial charge in [0.1, 0.15) is 6.10 Å². The van der Waals surface area contributed by atoms with Crippen molar-refractivity contribution in [2.24, 2.45) is 17.1 Å². The lowest BCUT2D eigenvalue weighted by Crippen LogP contribution is -2.40.